The Kier molecular flexibility index (Phi) is 4.00. The number of nitrogens with one attached hydrogen (secondary N) is 1. The standard InChI is InChI=1S/C18H21N3O2S/c1-11-19-15(10-24-11)18(23)20-14-5-6-16-13(8-14)4-7-17(22)21(16)9-12-2-3-12/h4,7,10,12,14H,2-3,5-6,8-9H2,1H3,(H,20,23). The van der Waals surface area contributed by atoms with Crippen molar-refractivity contribution in [3.05, 3.63) is 49.8 Å². The number of aryl methyl sites for hydroxylation is 1. The van der Waals surface area contributed by atoms with Crippen molar-refractivity contribution in [3.8, 4) is 0 Å². The molecular weight excluding hydrogens is 322 g/mol. The van der Waals surface area contributed by atoms with Crippen LogP contribution in [-0.4, -0.2) is 21.5 Å². The maximum atomic E-state index is 12.3. The highest BCUT2D eigenvalue weighted by molar-refractivity contribution is 7.09. The van der Waals surface area contributed by atoms with E-state index in [0.717, 1.165) is 30.8 Å². The number of pyridine rings is 1. The first-order valence-corrected chi connectivity index (χ1v) is 9.42. The second kappa shape index (κ2) is 6.16. The lowest BCUT2D eigenvalue weighted by molar-refractivity contribution is 0.0929. The Hall–Kier alpha value is -1.95. The van der Waals surface area contributed by atoms with Gasteiger partial charge in [-0.2, -0.15) is 0 Å². The molecule has 2 aromatic heterocycles. The number of hydrogen-bond acceptors (Lipinski definition) is 4. The van der Waals surface area contributed by atoms with Crippen LogP contribution in [0.4, 0.5) is 0 Å². The van der Waals surface area contributed by atoms with Gasteiger partial charge in [0.25, 0.3) is 11.5 Å². The highest BCUT2D eigenvalue weighted by Crippen LogP contribution is 2.31. The van der Waals surface area contributed by atoms with Gasteiger partial charge in [0.1, 0.15) is 5.69 Å². The molecule has 5 nitrogen and oxygen atoms in total. The highest BCUT2D eigenvalue weighted by Gasteiger charge is 2.27. The van der Waals surface area contributed by atoms with Gasteiger partial charge in [-0.15, -0.1) is 11.3 Å². The summed E-state index contributed by atoms with van der Waals surface area (Å²) in [5.74, 6) is 0.582. The summed E-state index contributed by atoms with van der Waals surface area (Å²) in [6.07, 6.45) is 4.98. The monoisotopic (exact) mass is 343 g/mol. The minimum atomic E-state index is -0.0981. The minimum absolute atomic E-state index is 0.0981. The number of amides is 1. The number of hydrogen-bond donors (Lipinski definition) is 1. The van der Waals surface area contributed by atoms with Crippen LogP contribution in [0.1, 0.15) is 46.0 Å². The third-order valence-electron chi connectivity index (χ3n) is 4.91. The number of carbonyl (C=O) groups is 1. The van der Waals surface area contributed by atoms with E-state index in [2.05, 4.69) is 10.3 Å². The molecule has 126 valence electrons. The number of thiazole rings is 1. The van der Waals surface area contributed by atoms with Crippen molar-refractivity contribution in [2.24, 2.45) is 5.92 Å². The molecule has 1 unspecified atom stereocenters. The summed E-state index contributed by atoms with van der Waals surface area (Å²) >= 11 is 1.49. The fourth-order valence-electron chi connectivity index (χ4n) is 3.43. The molecule has 6 heteroatoms. The normalized spacial score (nSPS) is 19.8. The van der Waals surface area contributed by atoms with Crippen molar-refractivity contribution in [2.75, 3.05) is 0 Å². The first-order valence-electron chi connectivity index (χ1n) is 8.55. The Balaban J connectivity index is 1.49. The van der Waals surface area contributed by atoms with Gasteiger partial charge in [-0.05, 0) is 50.5 Å². The number of nitrogens with zero attached hydrogens (tertiary/aromatic N) is 2. The molecule has 0 spiro atoms. The smallest absolute Gasteiger partial charge is 0.270 e. The van der Waals surface area contributed by atoms with Gasteiger partial charge in [0, 0.05) is 29.7 Å². The highest BCUT2D eigenvalue weighted by atomic mass is 32.1. The van der Waals surface area contributed by atoms with E-state index in [4.69, 9.17) is 0 Å². The van der Waals surface area contributed by atoms with E-state index >= 15 is 0 Å². The molecule has 2 aliphatic rings. The summed E-state index contributed by atoms with van der Waals surface area (Å²) in [5, 5.41) is 5.80. The van der Waals surface area contributed by atoms with Crippen molar-refractivity contribution in [1.29, 1.82) is 0 Å². The van der Waals surface area contributed by atoms with Gasteiger partial charge >= 0.3 is 0 Å². The van der Waals surface area contributed by atoms with E-state index in [1.807, 2.05) is 17.6 Å². The molecule has 2 heterocycles. The van der Waals surface area contributed by atoms with E-state index in [9.17, 15) is 9.59 Å². The Morgan fingerprint density at radius 2 is 2.21 bits per heavy atom. The summed E-state index contributed by atoms with van der Waals surface area (Å²) in [4.78, 5) is 28.7. The molecule has 1 N–H and O–H groups in total. The summed E-state index contributed by atoms with van der Waals surface area (Å²) in [5.41, 5.74) is 2.98. The second-order valence-electron chi connectivity index (χ2n) is 6.86. The molecule has 0 saturated heterocycles. The van der Waals surface area contributed by atoms with Gasteiger partial charge < -0.3 is 9.88 Å². The summed E-state index contributed by atoms with van der Waals surface area (Å²) in [7, 11) is 0. The summed E-state index contributed by atoms with van der Waals surface area (Å²) < 4.78 is 1.97. The number of fused-ring (bicyclic) bond motifs is 1. The van der Waals surface area contributed by atoms with E-state index in [1.54, 1.807) is 11.4 Å². The van der Waals surface area contributed by atoms with Crippen LogP contribution in [-0.2, 0) is 19.4 Å². The maximum Gasteiger partial charge on any atom is 0.270 e. The lowest BCUT2D eigenvalue weighted by Crippen LogP contribution is -2.40. The predicted molar refractivity (Wildman–Crippen MR) is 93.6 cm³/mol. The van der Waals surface area contributed by atoms with Gasteiger partial charge in [0.05, 0.1) is 5.01 Å². The zero-order valence-electron chi connectivity index (χ0n) is 13.7. The van der Waals surface area contributed by atoms with Crippen molar-refractivity contribution < 1.29 is 4.79 Å². The Bertz CT molecular complexity index is 835. The maximum absolute atomic E-state index is 12.3. The first-order chi connectivity index (χ1) is 11.6. The molecule has 0 aromatic carbocycles. The second-order valence-corrected chi connectivity index (χ2v) is 7.92. The van der Waals surface area contributed by atoms with Crippen LogP contribution < -0.4 is 10.9 Å². The molecule has 1 fully saturated rings. The van der Waals surface area contributed by atoms with Crippen LogP contribution in [0.3, 0.4) is 0 Å². The molecule has 2 aromatic rings. The number of carbonyl (C=O) groups excluding carboxylic acids is 1. The van der Waals surface area contributed by atoms with Crippen molar-refractivity contribution in [2.45, 2.75) is 51.6 Å². The average molecular weight is 343 g/mol. The molecule has 1 atom stereocenters. The van der Waals surface area contributed by atoms with E-state index in [1.165, 1.54) is 35.4 Å². The lowest BCUT2D eigenvalue weighted by atomic mass is 9.91. The Labute approximate surface area is 144 Å². The zero-order chi connectivity index (χ0) is 16.7. The largest absolute Gasteiger partial charge is 0.348 e. The number of rotatable bonds is 4. The SMILES string of the molecule is Cc1nc(C(=O)NC2CCc3c(ccc(=O)n3CC3CC3)C2)cs1. The van der Waals surface area contributed by atoms with Gasteiger partial charge in [0.2, 0.25) is 0 Å². The van der Waals surface area contributed by atoms with Crippen LogP contribution >= 0.6 is 11.3 Å². The average Bonchev–Trinajstić information content (AvgIpc) is 3.28. The summed E-state index contributed by atoms with van der Waals surface area (Å²) in [6, 6.07) is 3.72. The fraction of sp³-hybridized carbons (Fsp3) is 0.500. The quantitative estimate of drug-likeness (QED) is 0.926. The lowest BCUT2D eigenvalue weighted by Gasteiger charge is -2.27. The van der Waals surface area contributed by atoms with Gasteiger partial charge in [0.15, 0.2) is 0 Å². The molecule has 24 heavy (non-hydrogen) atoms. The van der Waals surface area contributed by atoms with Crippen molar-refractivity contribution in [3.63, 3.8) is 0 Å². The van der Waals surface area contributed by atoms with Gasteiger partial charge in [-0.3, -0.25) is 9.59 Å². The van der Waals surface area contributed by atoms with Crippen molar-refractivity contribution in [1.82, 2.24) is 14.9 Å². The minimum Gasteiger partial charge on any atom is -0.348 e. The van der Waals surface area contributed by atoms with Crippen molar-refractivity contribution >= 4 is 17.2 Å². The summed E-state index contributed by atoms with van der Waals surface area (Å²) in [6.45, 7) is 2.76. The number of aromatic nitrogens is 2. The van der Waals surface area contributed by atoms with E-state index in [-0.39, 0.29) is 17.5 Å². The molecule has 0 aliphatic heterocycles. The molecule has 4 rings (SSSR count). The van der Waals surface area contributed by atoms with Crippen LogP contribution in [0, 0.1) is 12.8 Å². The predicted octanol–water partition coefficient (Wildman–Crippen LogP) is 2.31. The van der Waals surface area contributed by atoms with Crippen LogP contribution in [0.5, 0.6) is 0 Å². The molecule has 2 aliphatic carbocycles. The van der Waals surface area contributed by atoms with Crippen LogP contribution in [0.15, 0.2) is 22.3 Å². The van der Waals surface area contributed by atoms with E-state index < -0.39 is 0 Å². The Morgan fingerprint density at radius 1 is 1.38 bits per heavy atom. The fourth-order valence-corrected chi connectivity index (χ4v) is 4.03. The van der Waals surface area contributed by atoms with Crippen LogP contribution in [0.2, 0.25) is 0 Å². The molecule has 1 saturated carbocycles. The van der Waals surface area contributed by atoms with E-state index in [0.29, 0.717) is 11.6 Å². The van der Waals surface area contributed by atoms with Gasteiger partial charge in [-0.25, -0.2) is 4.98 Å². The van der Waals surface area contributed by atoms with Crippen LogP contribution in [0.25, 0.3) is 0 Å². The molecule has 1 amide bonds. The third-order valence-corrected chi connectivity index (χ3v) is 5.68. The van der Waals surface area contributed by atoms with Gasteiger partial charge in [-0.1, -0.05) is 6.07 Å². The molecular formula is C18H21N3O2S. The molecule has 0 bridgehead atoms. The third kappa shape index (κ3) is 3.15. The Morgan fingerprint density at radius 3 is 2.92 bits per heavy atom. The molecule has 0 radical (unpaired) electrons. The zero-order valence-corrected chi connectivity index (χ0v) is 14.6. The topological polar surface area (TPSA) is 64.0 Å². The first kappa shape index (κ1) is 15.6.